The number of furan rings is 1. The van der Waals surface area contributed by atoms with E-state index in [0.717, 1.165) is 11.4 Å². The van der Waals surface area contributed by atoms with Gasteiger partial charge in [-0.2, -0.15) is 0 Å². The fourth-order valence-corrected chi connectivity index (χ4v) is 3.21. The number of aryl methyl sites for hydroxylation is 1. The lowest BCUT2D eigenvalue weighted by molar-refractivity contribution is -0.113. The molecule has 1 aliphatic heterocycles. The first-order chi connectivity index (χ1) is 9.65. The standard InChI is InChI=1S/C15H11NO2S2/c1-10-7-8-12(18-10)9-13-14(17)16(15(19)20-13)11-5-3-2-4-6-11/h2-9H,1H3. The van der Waals surface area contributed by atoms with Crippen molar-refractivity contribution in [3.05, 3.63) is 58.9 Å². The van der Waals surface area contributed by atoms with Crippen molar-refractivity contribution >= 4 is 46.0 Å². The van der Waals surface area contributed by atoms with Crippen LogP contribution in [-0.2, 0) is 4.79 Å². The SMILES string of the molecule is Cc1ccc(C=C2SC(=S)N(c3ccccc3)C2=O)o1. The zero-order valence-corrected chi connectivity index (χ0v) is 12.3. The summed E-state index contributed by atoms with van der Waals surface area (Å²) in [7, 11) is 0. The number of hydrogen-bond donors (Lipinski definition) is 0. The molecule has 5 heteroatoms. The van der Waals surface area contributed by atoms with E-state index in [1.807, 2.05) is 49.4 Å². The van der Waals surface area contributed by atoms with Gasteiger partial charge in [0.15, 0.2) is 4.32 Å². The second kappa shape index (κ2) is 5.26. The second-order valence-electron chi connectivity index (χ2n) is 4.30. The molecule has 0 radical (unpaired) electrons. The Bertz CT molecular complexity index is 704. The molecule has 3 nitrogen and oxygen atoms in total. The van der Waals surface area contributed by atoms with Crippen molar-refractivity contribution in [1.82, 2.24) is 0 Å². The van der Waals surface area contributed by atoms with Gasteiger partial charge in [0.1, 0.15) is 11.5 Å². The number of carbonyl (C=O) groups excluding carboxylic acids is 1. The average molecular weight is 301 g/mol. The summed E-state index contributed by atoms with van der Waals surface area (Å²) in [4.78, 5) is 14.6. The molecule has 20 heavy (non-hydrogen) atoms. The van der Waals surface area contributed by atoms with E-state index in [4.69, 9.17) is 16.6 Å². The Kier molecular flexibility index (Phi) is 3.46. The Labute approximate surface area is 126 Å². The molecule has 0 aliphatic carbocycles. The van der Waals surface area contributed by atoms with Crippen LogP contribution < -0.4 is 4.90 Å². The molecule has 0 atom stereocenters. The lowest BCUT2D eigenvalue weighted by atomic mass is 10.3. The summed E-state index contributed by atoms with van der Waals surface area (Å²) < 4.78 is 6.00. The van der Waals surface area contributed by atoms with Crippen molar-refractivity contribution in [3.63, 3.8) is 0 Å². The number of thioether (sulfide) groups is 1. The molecule has 1 amide bonds. The molecule has 1 aliphatic rings. The van der Waals surface area contributed by atoms with E-state index >= 15 is 0 Å². The van der Waals surface area contributed by atoms with Crippen LogP contribution in [-0.4, -0.2) is 10.2 Å². The number of anilines is 1. The zero-order chi connectivity index (χ0) is 14.1. The van der Waals surface area contributed by atoms with Gasteiger partial charge in [0.05, 0.1) is 10.6 Å². The molecule has 0 N–H and O–H groups in total. The highest BCUT2D eigenvalue weighted by Gasteiger charge is 2.33. The minimum Gasteiger partial charge on any atom is -0.462 e. The highest BCUT2D eigenvalue weighted by Crippen LogP contribution is 2.35. The Hall–Kier alpha value is -1.85. The number of carbonyl (C=O) groups is 1. The van der Waals surface area contributed by atoms with Gasteiger partial charge < -0.3 is 4.42 Å². The van der Waals surface area contributed by atoms with Gasteiger partial charge >= 0.3 is 0 Å². The molecule has 2 heterocycles. The lowest BCUT2D eigenvalue weighted by Crippen LogP contribution is -2.27. The summed E-state index contributed by atoms with van der Waals surface area (Å²) in [6, 6.07) is 13.1. The van der Waals surface area contributed by atoms with Crippen molar-refractivity contribution in [1.29, 1.82) is 0 Å². The number of hydrogen-bond acceptors (Lipinski definition) is 4. The van der Waals surface area contributed by atoms with E-state index < -0.39 is 0 Å². The van der Waals surface area contributed by atoms with Gasteiger partial charge in [-0.1, -0.05) is 42.2 Å². The van der Waals surface area contributed by atoms with Crippen LogP contribution in [0.3, 0.4) is 0 Å². The largest absolute Gasteiger partial charge is 0.462 e. The normalized spacial score (nSPS) is 17.2. The molecule has 0 spiro atoms. The maximum atomic E-state index is 12.4. The summed E-state index contributed by atoms with van der Waals surface area (Å²) in [6.45, 7) is 1.87. The minimum absolute atomic E-state index is 0.111. The number of thiocarbonyl (C=S) groups is 1. The Morgan fingerprint density at radius 2 is 1.95 bits per heavy atom. The van der Waals surface area contributed by atoms with Crippen LogP contribution in [0.4, 0.5) is 5.69 Å². The van der Waals surface area contributed by atoms with E-state index in [0.29, 0.717) is 15.0 Å². The van der Waals surface area contributed by atoms with Crippen LogP contribution in [0.25, 0.3) is 6.08 Å². The summed E-state index contributed by atoms with van der Waals surface area (Å²) in [5.74, 6) is 1.37. The number of para-hydroxylation sites is 1. The van der Waals surface area contributed by atoms with Gasteiger partial charge in [-0.25, -0.2) is 0 Å². The maximum absolute atomic E-state index is 12.4. The molecule has 1 aromatic carbocycles. The van der Waals surface area contributed by atoms with Crippen molar-refractivity contribution < 1.29 is 9.21 Å². The third kappa shape index (κ3) is 2.42. The molecule has 0 saturated carbocycles. The first-order valence-electron chi connectivity index (χ1n) is 6.04. The smallest absolute Gasteiger partial charge is 0.270 e. The molecule has 0 bridgehead atoms. The molecule has 100 valence electrons. The van der Waals surface area contributed by atoms with Gasteiger partial charge in [0.2, 0.25) is 0 Å². The minimum atomic E-state index is -0.111. The molecule has 1 aromatic heterocycles. The molecular weight excluding hydrogens is 290 g/mol. The summed E-state index contributed by atoms with van der Waals surface area (Å²) in [5.41, 5.74) is 0.786. The van der Waals surface area contributed by atoms with Crippen LogP contribution in [0, 0.1) is 6.92 Å². The number of benzene rings is 1. The van der Waals surface area contributed by atoms with Gasteiger partial charge in [-0.05, 0) is 31.2 Å². The average Bonchev–Trinajstić information content (AvgIpc) is 2.96. The number of rotatable bonds is 2. The van der Waals surface area contributed by atoms with Crippen LogP contribution in [0.5, 0.6) is 0 Å². The summed E-state index contributed by atoms with van der Waals surface area (Å²) in [5, 5.41) is 0. The van der Waals surface area contributed by atoms with Crippen LogP contribution in [0.15, 0.2) is 51.8 Å². The summed E-state index contributed by atoms with van der Waals surface area (Å²) in [6.07, 6.45) is 1.73. The molecule has 2 aromatic rings. The third-order valence-electron chi connectivity index (χ3n) is 2.84. The predicted molar refractivity (Wildman–Crippen MR) is 85.5 cm³/mol. The molecular formula is C15H11NO2S2. The fraction of sp³-hybridized carbons (Fsp3) is 0.0667. The first-order valence-corrected chi connectivity index (χ1v) is 7.27. The van der Waals surface area contributed by atoms with E-state index in [9.17, 15) is 4.79 Å². The van der Waals surface area contributed by atoms with Crippen molar-refractivity contribution in [2.75, 3.05) is 4.90 Å². The van der Waals surface area contributed by atoms with Gasteiger partial charge in [0, 0.05) is 6.08 Å². The monoisotopic (exact) mass is 301 g/mol. The molecule has 1 saturated heterocycles. The lowest BCUT2D eigenvalue weighted by Gasteiger charge is -2.13. The maximum Gasteiger partial charge on any atom is 0.270 e. The van der Waals surface area contributed by atoms with Crippen molar-refractivity contribution in [3.8, 4) is 0 Å². The van der Waals surface area contributed by atoms with Crippen LogP contribution >= 0.6 is 24.0 Å². The zero-order valence-electron chi connectivity index (χ0n) is 10.7. The Balaban J connectivity index is 1.93. The van der Waals surface area contributed by atoms with Crippen molar-refractivity contribution in [2.24, 2.45) is 0 Å². The Morgan fingerprint density at radius 1 is 1.20 bits per heavy atom. The first kappa shape index (κ1) is 13.1. The highest BCUT2D eigenvalue weighted by molar-refractivity contribution is 8.27. The van der Waals surface area contributed by atoms with Gasteiger partial charge in [-0.15, -0.1) is 0 Å². The topological polar surface area (TPSA) is 33.5 Å². The fourth-order valence-electron chi connectivity index (χ4n) is 1.93. The molecule has 1 fully saturated rings. The van der Waals surface area contributed by atoms with E-state index in [-0.39, 0.29) is 5.91 Å². The van der Waals surface area contributed by atoms with Gasteiger partial charge in [-0.3, -0.25) is 9.69 Å². The number of nitrogens with zero attached hydrogens (tertiary/aromatic N) is 1. The van der Waals surface area contributed by atoms with Crippen molar-refractivity contribution in [2.45, 2.75) is 6.92 Å². The third-order valence-corrected chi connectivity index (χ3v) is 4.14. The second-order valence-corrected chi connectivity index (χ2v) is 5.98. The number of amides is 1. The highest BCUT2D eigenvalue weighted by atomic mass is 32.2. The quantitative estimate of drug-likeness (QED) is 0.620. The van der Waals surface area contributed by atoms with Crippen LogP contribution in [0.2, 0.25) is 0 Å². The van der Waals surface area contributed by atoms with E-state index in [1.165, 1.54) is 11.8 Å². The summed E-state index contributed by atoms with van der Waals surface area (Å²) >= 11 is 6.58. The van der Waals surface area contributed by atoms with Gasteiger partial charge in [0.25, 0.3) is 5.91 Å². The Morgan fingerprint density at radius 3 is 2.60 bits per heavy atom. The molecule has 3 rings (SSSR count). The molecule has 0 unspecified atom stereocenters. The van der Waals surface area contributed by atoms with Crippen LogP contribution in [0.1, 0.15) is 11.5 Å². The van der Waals surface area contributed by atoms with E-state index in [1.54, 1.807) is 11.0 Å². The predicted octanol–water partition coefficient (Wildman–Crippen LogP) is 3.99. The van der Waals surface area contributed by atoms with E-state index in [2.05, 4.69) is 0 Å².